The Hall–Kier alpha value is -6.84. The van der Waals surface area contributed by atoms with E-state index in [1.165, 1.54) is 48.5 Å². The van der Waals surface area contributed by atoms with Crippen LogP contribution in [-0.4, -0.2) is 33.7 Å². The van der Waals surface area contributed by atoms with E-state index < -0.39 is 21.9 Å². The lowest BCUT2D eigenvalue weighted by Crippen LogP contribution is -2.19. The van der Waals surface area contributed by atoms with E-state index in [-0.39, 0.29) is 47.4 Å². The Morgan fingerprint density at radius 1 is 0.458 bits per heavy atom. The molecule has 4 aromatic carbocycles. The number of hydrogen-bond donors (Lipinski definition) is 6. The van der Waals surface area contributed by atoms with Crippen molar-refractivity contribution in [2.24, 2.45) is 0 Å². The summed E-state index contributed by atoms with van der Waals surface area (Å²) >= 11 is 0. The molecule has 0 aliphatic carbocycles. The summed E-state index contributed by atoms with van der Waals surface area (Å²) in [5.41, 5.74) is 2.13. The normalized spacial score (nSPS) is 10.2. The molecule has 0 heterocycles. The lowest BCUT2D eigenvalue weighted by Gasteiger charge is -2.10. The number of anilines is 6. The molecule has 0 bridgehead atoms. The van der Waals surface area contributed by atoms with Gasteiger partial charge in [-0.25, -0.2) is 9.59 Å². The molecule has 0 atom stereocenters. The Morgan fingerprint density at radius 3 is 1.10 bits per heavy atom. The number of non-ortho nitro benzene ring substituents is 2. The number of nitro benzene ring substituents is 2. The monoisotopic (exact) mass is 654 g/mol. The van der Waals surface area contributed by atoms with Crippen LogP contribution in [0.1, 0.15) is 25.7 Å². The Labute approximate surface area is 273 Å². The minimum atomic E-state index is -0.591. The average Bonchev–Trinajstić information content (AvgIpc) is 3.05. The van der Waals surface area contributed by atoms with Crippen LogP contribution >= 0.6 is 0 Å². The molecular formula is C32H30N8O8. The summed E-state index contributed by atoms with van der Waals surface area (Å²) in [7, 11) is 0. The van der Waals surface area contributed by atoms with Crippen LogP contribution in [0.25, 0.3) is 0 Å². The van der Waals surface area contributed by atoms with Gasteiger partial charge in [-0.05, 0) is 73.5 Å². The van der Waals surface area contributed by atoms with Crippen molar-refractivity contribution in [1.29, 1.82) is 0 Å². The number of carbonyl (C=O) groups excluding carboxylic acids is 4. The fourth-order valence-electron chi connectivity index (χ4n) is 4.27. The van der Waals surface area contributed by atoms with Crippen LogP contribution in [-0.2, 0) is 9.59 Å². The summed E-state index contributed by atoms with van der Waals surface area (Å²) in [5.74, 6) is -0.478. The van der Waals surface area contributed by atoms with Crippen LogP contribution in [0.5, 0.6) is 0 Å². The third kappa shape index (κ3) is 11.0. The number of amides is 6. The standard InChI is InChI=1S/C32H30N8O8/c41-29(33-21-11-15-23(16-12-21)35-31(43)37-25-5-3-7-27(19-25)39(45)46)9-1-2-10-30(42)34-22-13-17-24(18-14-22)36-32(44)38-26-6-4-8-28(20-26)40(47)48/h3-8,11-20H,1-2,9-10H2,(H,33,41)(H,34,42)(H2,35,37,43)(H2,36,38,44). The lowest BCUT2D eigenvalue weighted by molar-refractivity contribution is -0.385. The minimum Gasteiger partial charge on any atom is -0.326 e. The van der Waals surface area contributed by atoms with Crippen molar-refractivity contribution < 1.29 is 29.0 Å². The summed E-state index contributed by atoms with van der Waals surface area (Å²) < 4.78 is 0. The van der Waals surface area contributed by atoms with Gasteiger partial charge in [0.15, 0.2) is 0 Å². The molecule has 0 aliphatic rings. The molecule has 246 valence electrons. The predicted octanol–water partition coefficient (Wildman–Crippen LogP) is 6.93. The second-order valence-electron chi connectivity index (χ2n) is 10.2. The van der Waals surface area contributed by atoms with Gasteiger partial charge >= 0.3 is 12.1 Å². The van der Waals surface area contributed by atoms with E-state index in [0.717, 1.165) is 0 Å². The molecule has 4 aromatic rings. The van der Waals surface area contributed by atoms with E-state index in [0.29, 0.717) is 35.6 Å². The van der Waals surface area contributed by atoms with E-state index in [4.69, 9.17) is 0 Å². The van der Waals surface area contributed by atoms with Gasteiger partial charge in [0.25, 0.3) is 11.4 Å². The highest BCUT2D eigenvalue weighted by Gasteiger charge is 2.11. The molecule has 16 heteroatoms. The first kappa shape index (κ1) is 34.0. The molecule has 0 fully saturated rings. The molecule has 0 radical (unpaired) electrons. The topological polar surface area (TPSA) is 227 Å². The number of carbonyl (C=O) groups is 4. The first-order valence-electron chi connectivity index (χ1n) is 14.5. The zero-order valence-electron chi connectivity index (χ0n) is 25.2. The van der Waals surface area contributed by atoms with Crippen molar-refractivity contribution in [3.8, 4) is 0 Å². The van der Waals surface area contributed by atoms with Crippen molar-refractivity contribution >= 4 is 69.4 Å². The first-order chi connectivity index (χ1) is 23.0. The molecule has 16 nitrogen and oxygen atoms in total. The van der Waals surface area contributed by atoms with E-state index in [2.05, 4.69) is 31.9 Å². The van der Waals surface area contributed by atoms with E-state index in [1.54, 1.807) is 48.5 Å². The molecule has 48 heavy (non-hydrogen) atoms. The number of rotatable bonds is 13. The highest BCUT2D eigenvalue weighted by atomic mass is 16.6. The predicted molar refractivity (Wildman–Crippen MR) is 180 cm³/mol. The summed E-state index contributed by atoms with van der Waals surface area (Å²) in [6.07, 6.45) is 1.33. The van der Waals surface area contributed by atoms with Crippen LogP contribution in [0.2, 0.25) is 0 Å². The Balaban J connectivity index is 1.11. The Bertz CT molecular complexity index is 1680. The second kappa shape index (κ2) is 16.5. The number of urea groups is 2. The molecule has 0 spiro atoms. The van der Waals surface area contributed by atoms with Gasteiger partial charge in [-0.3, -0.25) is 29.8 Å². The summed E-state index contributed by atoms with van der Waals surface area (Å²) in [5, 5.41) is 37.5. The van der Waals surface area contributed by atoms with Crippen LogP contribution < -0.4 is 31.9 Å². The highest BCUT2D eigenvalue weighted by molar-refractivity contribution is 6.01. The maximum Gasteiger partial charge on any atom is 0.323 e. The molecule has 0 aromatic heterocycles. The van der Waals surface area contributed by atoms with E-state index in [9.17, 15) is 39.4 Å². The fraction of sp³-hybridized carbons (Fsp3) is 0.125. The molecule has 4 rings (SSSR count). The Morgan fingerprint density at radius 2 is 0.771 bits per heavy atom. The van der Waals surface area contributed by atoms with Gasteiger partial charge in [-0.15, -0.1) is 0 Å². The number of unbranched alkanes of at least 4 members (excludes halogenated alkanes) is 1. The third-order valence-electron chi connectivity index (χ3n) is 6.54. The van der Waals surface area contributed by atoms with Gasteiger partial charge in [0.05, 0.1) is 9.85 Å². The maximum absolute atomic E-state index is 12.3. The van der Waals surface area contributed by atoms with Crippen molar-refractivity contribution in [2.45, 2.75) is 25.7 Å². The third-order valence-corrected chi connectivity index (χ3v) is 6.54. The number of nitrogens with zero attached hydrogens (tertiary/aromatic N) is 2. The van der Waals surface area contributed by atoms with Crippen LogP contribution in [0, 0.1) is 20.2 Å². The summed E-state index contributed by atoms with van der Waals surface area (Å²) in [4.78, 5) is 69.8. The smallest absolute Gasteiger partial charge is 0.323 e. The van der Waals surface area contributed by atoms with Gasteiger partial charge in [-0.1, -0.05) is 12.1 Å². The number of benzene rings is 4. The van der Waals surface area contributed by atoms with Crippen molar-refractivity contribution in [1.82, 2.24) is 0 Å². The van der Waals surface area contributed by atoms with E-state index >= 15 is 0 Å². The second-order valence-corrected chi connectivity index (χ2v) is 10.2. The van der Waals surface area contributed by atoms with Gasteiger partial charge in [0.1, 0.15) is 0 Å². The number of nitro groups is 2. The molecule has 0 saturated carbocycles. The van der Waals surface area contributed by atoms with Gasteiger partial charge in [0, 0.05) is 71.2 Å². The number of nitrogens with one attached hydrogen (secondary N) is 6. The average molecular weight is 655 g/mol. The van der Waals surface area contributed by atoms with Crippen LogP contribution in [0.3, 0.4) is 0 Å². The highest BCUT2D eigenvalue weighted by Crippen LogP contribution is 2.20. The Kier molecular flexibility index (Phi) is 11.7. The molecular weight excluding hydrogens is 624 g/mol. The van der Waals surface area contributed by atoms with Crippen molar-refractivity contribution in [3.63, 3.8) is 0 Å². The quantitative estimate of drug-likeness (QED) is 0.0502. The van der Waals surface area contributed by atoms with Crippen molar-refractivity contribution in [2.75, 3.05) is 31.9 Å². The van der Waals surface area contributed by atoms with Gasteiger partial charge < -0.3 is 31.9 Å². The maximum atomic E-state index is 12.3. The molecule has 0 unspecified atom stereocenters. The van der Waals surface area contributed by atoms with Crippen LogP contribution in [0.4, 0.5) is 55.1 Å². The lowest BCUT2D eigenvalue weighted by atomic mass is 10.1. The fourth-order valence-corrected chi connectivity index (χ4v) is 4.27. The van der Waals surface area contributed by atoms with Gasteiger partial charge in [0.2, 0.25) is 11.8 Å². The first-order valence-corrected chi connectivity index (χ1v) is 14.5. The largest absolute Gasteiger partial charge is 0.326 e. The van der Waals surface area contributed by atoms with Crippen molar-refractivity contribution in [3.05, 3.63) is 117 Å². The van der Waals surface area contributed by atoms with Crippen LogP contribution in [0.15, 0.2) is 97.1 Å². The number of hydrogen-bond acceptors (Lipinski definition) is 8. The zero-order chi connectivity index (χ0) is 34.5. The molecule has 0 saturated heterocycles. The SMILES string of the molecule is O=C(CCCCC(=O)Nc1ccc(NC(=O)Nc2cccc([N+](=O)[O-])c2)cc1)Nc1ccc(NC(=O)Nc2cccc([N+](=O)[O-])c2)cc1. The van der Waals surface area contributed by atoms with E-state index in [1.807, 2.05) is 0 Å². The van der Waals surface area contributed by atoms with Gasteiger partial charge in [-0.2, -0.15) is 0 Å². The molecule has 6 amide bonds. The zero-order valence-corrected chi connectivity index (χ0v) is 25.2. The molecule has 6 N–H and O–H groups in total. The molecule has 0 aliphatic heterocycles. The summed E-state index contributed by atoms with van der Waals surface area (Å²) in [6, 6.07) is 22.7. The minimum absolute atomic E-state index is 0.151. The summed E-state index contributed by atoms with van der Waals surface area (Å²) in [6.45, 7) is 0.